The van der Waals surface area contributed by atoms with Crippen LogP contribution >= 0.6 is 11.3 Å². The number of rotatable bonds is 5. The van der Waals surface area contributed by atoms with Gasteiger partial charge in [0.15, 0.2) is 0 Å². The summed E-state index contributed by atoms with van der Waals surface area (Å²) in [4.78, 5) is 14.1. The van der Waals surface area contributed by atoms with Crippen LogP contribution in [-0.2, 0) is 4.74 Å². The number of hydrogen-bond donors (Lipinski definition) is 1. The fourth-order valence-corrected chi connectivity index (χ4v) is 4.24. The van der Waals surface area contributed by atoms with Gasteiger partial charge in [0.2, 0.25) is 0 Å². The highest BCUT2D eigenvalue weighted by Crippen LogP contribution is 2.32. The van der Waals surface area contributed by atoms with Gasteiger partial charge in [0.1, 0.15) is 0 Å². The lowest BCUT2D eigenvalue weighted by Gasteiger charge is -2.30. The van der Waals surface area contributed by atoms with Crippen molar-refractivity contribution in [3.8, 4) is 5.69 Å². The standard InChI is InChI=1S/C20H21N3O2S/c24-20(16-4-1-5-17(14-16)23-10-3-9-21-23)22-19(18-6-2-13-26-18)15-7-11-25-12-8-15/h1-6,9-10,13-15,19H,7-8,11-12H2,(H,22,24). The molecule has 3 heterocycles. The van der Waals surface area contributed by atoms with Crippen molar-refractivity contribution in [3.05, 3.63) is 70.7 Å². The van der Waals surface area contributed by atoms with Crippen molar-refractivity contribution in [3.63, 3.8) is 0 Å². The minimum atomic E-state index is -0.0519. The van der Waals surface area contributed by atoms with Crippen LogP contribution in [0.5, 0.6) is 0 Å². The molecule has 0 bridgehead atoms. The first-order valence-electron chi connectivity index (χ1n) is 8.83. The maximum Gasteiger partial charge on any atom is 0.251 e. The number of amides is 1. The first-order valence-corrected chi connectivity index (χ1v) is 9.71. The van der Waals surface area contributed by atoms with Crippen molar-refractivity contribution in [2.24, 2.45) is 5.92 Å². The van der Waals surface area contributed by atoms with Gasteiger partial charge in [-0.25, -0.2) is 4.68 Å². The van der Waals surface area contributed by atoms with Gasteiger partial charge in [-0.3, -0.25) is 4.79 Å². The molecule has 1 aliphatic rings. The van der Waals surface area contributed by atoms with Crippen molar-refractivity contribution in [1.82, 2.24) is 15.1 Å². The van der Waals surface area contributed by atoms with Crippen LogP contribution < -0.4 is 5.32 Å². The number of aromatic nitrogens is 2. The number of hydrogen-bond acceptors (Lipinski definition) is 4. The SMILES string of the molecule is O=C(NC(c1cccs1)C1CCOCC1)c1cccc(-n2cccn2)c1. The number of ether oxygens (including phenoxy) is 1. The van der Waals surface area contributed by atoms with E-state index in [4.69, 9.17) is 4.74 Å². The maximum absolute atomic E-state index is 12.9. The largest absolute Gasteiger partial charge is 0.381 e. The number of nitrogens with zero attached hydrogens (tertiary/aromatic N) is 2. The lowest BCUT2D eigenvalue weighted by molar-refractivity contribution is 0.0518. The van der Waals surface area contributed by atoms with Gasteiger partial charge in [-0.2, -0.15) is 5.10 Å². The van der Waals surface area contributed by atoms with Gasteiger partial charge in [0, 0.05) is 36.0 Å². The fourth-order valence-electron chi connectivity index (χ4n) is 3.37. The Kier molecular flexibility index (Phi) is 5.13. The Morgan fingerprint density at radius 1 is 1.23 bits per heavy atom. The Morgan fingerprint density at radius 3 is 2.85 bits per heavy atom. The third-order valence-corrected chi connectivity index (χ3v) is 5.71. The molecule has 1 atom stereocenters. The Morgan fingerprint density at radius 2 is 2.12 bits per heavy atom. The highest BCUT2D eigenvalue weighted by atomic mass is 32.1. The van der Waals surface area contributed by atoms with Crippen LogP contribution in [0.15, 0.2) is 60.2 Å². The van der Waals surface area contributed by atoms with Gasteiger partial charge >= 0.3 is 0 Å². The molecule has 1 aliphatic heterocycles. The lowest BCUT2D eigenvalue weighted by Crippen LogP contribution is -2.35. The third kappa shape index (κ3) is 3.71. The molecule has 4 rings (SSSR count). The van der Waals surface area contributed by atoms with E-state index in [-0.39, 0.29) is 11.9 Å². The Balaban J connectivity index is 1.56. The average molecular weight is 367 g/mol. The number of benzene rings is 1. The monoisotopic (exact) mass is 367 g/mol. The molecule has 1 N–H and O–H groups in total. The van der Waals surface area contributed by atoms with Crippen molar-refractivity contribution >= 4 is 17.2 Å². The van der Waals surface area contributed by atoms with Crippen molar-refractivity contribution < 1.29 is 9.53 Å². The van der Waals surface area contributed by atoms with Gasteiger partial charge in [-0.1, -0.05) is 12.1 Å². The summed E-state index contributed by atoms with van der Waals surface area (Å²) in [5, 5.41) is 9.56. The summed E-state index contributed by atoms with van der Waals surface area (Å²) in [6, 6.07) is 13.6. The lowest BCUT2D eigenvalue weighted by atomic mass is 9.90. The summed E-state index contributed by atoms with van der Waals surface area (Å²) < 4.78 is 7.25. The predicted molar refractivity (Wildman–Crippen MR) is 102 cm³/mol. The molecule has 1 aromatic carbocycles. The second kappa shape index (κ2) is 7.85. The Hall–Kier alpha value is -2.44. The quantitative estimate of drug-likeness (QED) is 0.746. The number of carbonyl (C=O) groups excluding carboxylic acids is 1. The first kappa shape index (κ1) is 17.0. The van der Waals surface area contributed by atoms with Gasteiger partial charge < -0.3 is 10.1 Å². The second-order valence-electron chi connectivity index (χ2n) is 6.42. The molecule has 2 aromatic heterocycles. The molecule has 6 heteroatoms. The van der Waals surface area contributed by atoms with Gasteiger partial charge in [-0.15, -0.1) is 11.3 Å². The molecule has 0 saturated carbocycles. The fraction of sp³-hybridized carbons (Fsp3) is 0.300. The summed E-state index contributed by atoms with van der Waals surface area (Å²) in [5.74, 6) is 0.351. The van der Waals surface area contributed by atoms with Gasteiger partial charge in [0.05, 0.1) is 11.7 Å². The summed E-state index contributed by atoms with van der Waals surface area (Å²) in [7, 11) is 0. The highest BCUT2D eigenvalue weighted by molar-refractivity contribution is 7.10. The predicted octanol–water partition coefficient (Wildman–Crippen LogP) is 3.83. The molecule has 0 spiro atoms. The molecule has 3 aromatic rings. The van der Waals surface area contributed by atoms with E-state index >= 15 is 0 Å². The average Bonchev–Trinajstić information content (AvgIpc) is 3.40. The molecule has 1 unspecified atom stereocenters. The Bertz CT molecular complexity index is 840. The van der Waals surface area contributed by atoms with Gasteiger partial charge in [-0.05, 0) is 54.5 Å². The van der Waals surface area contributed by atoms with E-state index in [1.54, 1.807) is 22.2 Å². The van der Waals surface area contributed by atoms with E-state index < -0.39 is 0 Å². The zero-order chi connectivity index (χ0) is 17.8. The van der Waals surface area contributed by atoms with Crippen molar-refractivity contribution in [2.75, 3.05) is 13.2 Å². The van der Waals surface area contributed by atoms with Crippen molar-refractivity contribution in [2.45, 2.75) is 18.9 Å². The Labute approximate surface area is 156 Å². The zero-order valence-corrected chi connectivity index (χ0v) is 15.2. The summed E-state index contributed by atoms with van der Waals surface area (Å²) >= 11 is 1.69. The van der Waals surface area contributed by atoms with Crippen LogP contribution in [0, 0.1) is 5.92 Å². The summed E-state index contributed by atoms with van der Waals surface area (Å²) in [5.41, 5.74) is 1.52. The van der Waals surface area contributed by atoms with Crippen molar-refractivity contribution in [1.29, 1.82) is 0 Å². The molecule has 5 nitrogen and oxygen atoms in total. The smallest absolute Gasteiger partial charge is 0.251 e. The molecule has 134 valence electrons. The van der Waals surface area contributed by atoms with E-state index in [1.165, 1.54) is 4.88 Å². The van der Waals surface area contributed by atoms with E-state index in [0.717, 1.165) is 31.7 Å². The van der Waals surface area contributed by atoms with Crippen LogP contribution in [0.25, 0.3) is 5.69 Å². The molecule has 1 saturated heterocycles. The molecule has 26 heavy (non-hydrogen) atoms. The highest BCUT2D eigenvalue weighted by Gasteiger charge is 2.28. The molecule has 0 aliphatic carbocycles. The van der Waals surface area contributed by atoms with Crippen LogP contribution in [0.1, 0.15) is 34.1 Å². The molecule has 1 amide bonds. The van der Waals surface area contributed by atoms with E-state index in [9.17, 15) is 4.79 Å². The minimum absolute atomic E-state index is 0.0276. The van der Waals surface area contributed by atoms with Crippen LogP contribution in [0.2, 0.25) is 0 Å². The molecule has 0 radical (unpaired) electrons. The van der Waals surface area contributed by atoms with E-state index in [1.807, 2.05) is 42.6 Å². The number of nitrogens with one attached hydrogen (secondary N) is 1. The van der Waals surface area contributed by atoms with E-state index in [2.05, 4.69) is 21.9 Å². The molecular weight excluding hydrogens is 346 g/mol. The first-order chi connectivity index (χ1) is 12.8. The number of thiophene rings is 1. The topological polar surface area (TPSA) is 56.1 Å². The van der Waals surface area contributed by atoms with Crippen LogP contribution in [-0.4, -0.2) is 28.9 Å². The van der Waals surface area contributed by atoms with Gasteiger partial charge in [0.25, 0.3) is 5.91 Å². The summed E-state index contributed by atoms with van der Waals surface area (Å²) in [6.07, 6.45) is 5.53. The minimum Gasteiger partial charge on any atom is -0.381 e. The molecule has 1 fully saturated rings. The summed E-state index contributed by atoms with van der Waals surface area (Å²) in [6.45, 7) is 1.52. The van der Waals surface area contributed by atoms with Crippen LogP contribution in [0.4, 0.5) is 0 Å². The van der Waals surface area contributed by atoms with Crippen LogP contribution in [0.3, 0.4) is 0 Å². The maximum atomic E-state index is 12.9. The molecular formula is C20H21N3O2S. The normalized spacial score (nSPS) is 16.3. The third-order valence-electron chi connectivity index (χ3n) is 4.75. The number of carbonyl (C=O) groups is 1. The second-order valence-corrected chi connectivity index (χ2v) is 7.40. The van der Waals surface area contributed by atoms with E-state index in [0.29, 0.717) is 11.5 Å². The zero-order valence-electron chi connectivity index (χ0n) is 14.4.